The van der Waals surface area contributed by atoms with Gasteiger partial charge in [-0.15, -0.1) is 0 Å². The molecule has 4 rings (SSSR count). The van der Waals surface area contributed by atoms with Gasteiger partial charge in [0.05, 0.1) is 12.0 Å². The van der Waals surface area contributed by atoms with Gasteiger partial charge in [0.1, 0.15) is 11.8 Å². The molecule has 7 heteroatoms. The molecule has 27 heavy (non-hydrogen) atoms. The van der Waals surface area contributed by atoms with Crippen molar-refractivity contribution in [1.29, 1.82) is 0 Å². The molecule has 0 spiro atoms. The van der Waals surface area contributed by atoms with E-state index in [-0.39, 0.29) is 18.2 Å². The Morgan fingerprint density at radius 2 is 1.85 bits per heavy atom. The highest BCUT2D eigenvalue weighted by molar-refractivity contribution is 7.99. The molecule has 0 saturated carbocycles. The van der Waals surface area contributed by atoms with Crippen LogP contribution in [0.3, 0.4) is 0 Å². The molecule has 3 amide bonds. The van der Waals surface area contributed by atoms with E-state index >= 15 is 0 Å². The van der Waals surface area contributed by atoms with Crippen LogP contribution in [0, 0.1) is 0 Å². The number of piperidine rings is 1. The standard InChI is InChI=1S/C20H18N2O4S/c1-26-15-6-2-3-7-17(15)27-16-8-4-5-12-13(16)11-22(20(12)25)14-9-10-18(23)21-19(14)24/h2-8,14H,9-11H2,1H3,(H,21,23,24). The Hall–Kier alpha value is -2.80. The summed E-state index contributed by atoms with van der Waals surface area (Å²) in [5.74, 6) is -0.0763. The van der Waals surface area contributed by atoms with Crippen molar-refractivity contribution < 1.29 is 19.1 Å². The summed E-state index contributed by atoms with van der Waals surface area (Å²) in [5, 5.41) is 2.33. The van der Waals surface area contributed by atoms with E-state index in [0.29, 0.717) is 18.5 Å². The zero-order valence-electron chi connectivity index (χ0n) is 14.7. The van der Waals surface area contributed by atoms with Gasteiger partial charge in [-0.05, 0) is 36.2 Å². The first kappa shape index (κ1) is 17.6. The van der Waals surface area contributed by atoms with Gasteiger partial charge in [-0.1, -0.05) is 30.0 Å². The van der Waals surface area contributed by atoms with E-state index in [2.05, 4.69) is 5.32 Å². The van der Waals surface area contributed by atoms with E-state index in [1.54, 1.807) is 18.1 Å². The second-order valence-corrected chi connectivity index (χ2v) is 7.52. The van der Waals surface area contributed by atoms with Crippen LogP contribution in [0.15, 0.2) is 52.3 Å². The first-order valence-corrected chi connectivity index (χ1v) is 9.47. The topological polar surface area (TPSA) is 75.7 Å². The minimum Gasteiger partial charge on any atom is -0.496 e. The van der Waals surface area contributed by atoms with Crippen LogP contribution >= 0.6 is 11.8 Å². The maximum Gasteiger partial charge on any atom is 0.255 e. The molecule has 1 fully saturated rings. The quantitative estimate of drug-likeness (QED) is 0.823. The van der Waals surface area contributed by atoms with Crippen LogP contribution in [0.25, 0.3) is 0 Å². The van der Waals surface area contributed by atoms with E-state index in [0.717, 1.165) is 21.1 Å². The zero-order chi connectivity index (χ0) is 19.0. The maximum absolute atomic E-state index is 12.9. The van der Waals surface area contributed by atoms with Crippen molar-refractivity contribution in [2.24, 2.45) is 0 Å². The van der Waals surface area contributed by atoms with Gasteiger partial charge >= 0.3 is 0 Å². The molecule has 2 aromatic rings. The Balaban J connectivity index is 1.63. The molecule has 1 N–H and O–H groups in total. The fourth-order valence-electron chi connectivity index (χ4n) is 3.47. The highest BCUT2D eigenvalue weighted by atomic mass is 32.2. The lowest BCUT2D eigenvalue weighted by Gasteiger charge is -2.29. The second-order valence-electron chi connectivity index (χ2n) is 6.44. The summed E-state index contributed by atoms with van der Waals surface area (Å²) < 4.78 is 5.42. The highest BCUT2D eigenvalue weighted by Gasteiger charge is 2.39. The molecule has 2 heterocycles. The average Bonchev–Trinajstić information content (AvgIpc) is 3.00. The Labute approximate surface area is 160 Å². The highest BCUT2D eigenvalue weighted by Crippen LogP contribution is 2.40. The van der Waals surface area contributed by atoms with Crippen LogP contribution < -0.4 is 10.1 Å². The number of carbonyl (C=O) groups is 3. The Morgan fingerprint density at radius 3 is 2.63 bits per heavy atom. The van der Waals surface area contributed by atoms with Crippen LogP contribution in [0.1, 0.15) is 28.8 Å². The van der Waals surface area contributed by atoms with Crippen molar-refractivity contribution in [3.8, 4) is 5.75 Å². The summed E-state index contributed by atoms with van der Waals surface area (Å²) in [6.07, 6.45) is 0.610. The van der Waals surface area contributed by atoms with Gasteiger partial charge in [0.25, 0.3) is 5.91 Å². The summed E-state index contributed by atoms with van der Waals surface area (Å²) in [7, 11) is 1.63. The summed E-state index contributed by atoms with van der Waals surface area (Å²) in [6, 6.07) is 12.7. The van der Waals surface area contributed by atoms with Gasteiger partial charge < -0.3 is 9.64 Å². The largest absolute Gasteiger partial charge is 0.496 e. The van der Waals surface area contributed by atoms with Gasteiger partial charge in [0, 0.05) is 23.4 Å². The molecule has 1 atom stereocenters. The number of hydrogen-bond acceptors (Lipinski definition) is 5. The van der Waals surface area contributed by atoms with Crippen LogP contribution in [0.2, 0.25) is 0 Å². The number of para-hydroxylation sites is 1. The van der Waals surface area contributed by atoms with Gasteiger partial charge in [-0.2, -0.15) is 0 Å². The molecule has 138 valence electrons. The van der Waals surface area contributed by atoms with Gasteiger partial charge in [-0.3, -0.25) is 19.7 Å². The molecule has 1 unspecified atom stereocenters. The van der Waals surface area contributed by atoms with Crippen molar-refractivity contribution in [2.75, 3.05) is 7.11 Å². The number of hydrogen-bond donors (Lipinski definition) is 1. The van der Waals surface area contributed by atoms with E-state index in [1.807, 2.05) is 36.4 Å². The predicted molar refractivity (Wildman–Crippen MR) is 99.6 cm³/mol. The van der Waals surface area contributed by atoms with Crippen LogP contribution in [-0.4, -0.2) is 35.8 Å². The number of ether oxygens (including phenoxy) is 1. The lowest BCUT2D eigenvalue weighted by Crippen LogP contribution is -2.52. The number of nitrogens with zero attached hydrogens (tertiary/aromatic N) is 1. The van der Waals surface area contributed by atoms with E-state index in [9.17, 15) is 14.4 Å². The summed E-state index contributed by atoms with van der Waals surface area (Å²) in [4.78, 5) is 40.0. The Bertz CT molecular complexity index is 943. The fraction of sp³-hybridized carbons (Fsp3) is 0.250. The number of rotatable bonds is 4. The molecule has 0 aliphatic carbocycles. The molecular weight excluding hydrogens is 364 g/mol. The normalized spacial score (nSPS) is 19.1. The molecule has 2 aromatic carbocycles. The minimum absolute atomic E-state index is 0.165. The molecule has 6 nitrogen and oxygen atoms in total. The predicted octanol–water partition coefficient (Wildman–Crippen LogP) is 2.61. The van der Waals surface area contributed by atoms with Gasteiger partial charge in [0.15, 0.2) is 0 Å². The molecule has 0 bridgehead atoms. The molecular formula is C20H18N2O4S. The first-order chi connectivity index (χ1) is 13.1. The Morgan fingerprint density at radius 1 is 1.07 bits per heavy atom. The lowest BCUT2D eigenvalue weighted by atomic mass is 10.0. The van der Waals surface area contributed by atoms with E-state index in [1.165, 1.54) is 11.8 Å². The third-order valence-corrected chi connectivity index (χ3v) is 5.99. The third kappa shape index (κ3) is 3.19. The molecule has 2 aliphatic heterocycles. The second kappa shape index (κ2) is 7.08. The van der Waals surface area contributed by atoms with Crippen molar-refractivity contribution in [3.63, 3.8) is 0 Å². The lowest BCUT2D eigenvalue weighted by molar-refractivity contribution is -0.136. The average molecular weight is 382 g/mol. The van der Waals surface area contributed by atoms with Crippen molar-refractivity contribution in [3.05, 3.63) is 53.6 Å². The number of amides is 3. The summed E-state index contributed by atoms with van der Waals surface area (Å²) in [5.41, 5.74) is 1.52. The van der Waals surface area contributed by atoms with Crippen LogP contribution in [0.4, 0.5) is 0 Å². The first-order valence-electron chi connectivity index (χ1n) is 8.66. The molecule has 1 saturated heterocycles. The minimum atomic E-state index is -0.605. The third-order valence-electron chi connectivity index (χ3n) is 4.83. The monoisotopic (exact) mass is 382 g/mol. The maximum atomic E-state index is 12.9. The summed E-state index contributed by atoms with van der Waals surface area (Å²) in [6.45, 7) is 0.360. The number of benzene rings is 2. The zero-order valence-corrected chi connectivity index (χ0v) is 15.5. The Kier molecular flexibility index (Phi) is 4.61. The van der Waals surface area contributed by atoms with Crippen LogP contribution in [0.5, 0.6) is 5.75 Å². The van der Waals surface area contributed by atoms with Crippen molar-refractivity contribution in [1.82, 2.24) is 10.2 Å². The van der Waals surface area contributed by atoms with Gasteiger partial charge in [0.2, 0.25) is 11.8 Å². The van der Waals surface area contributed by atoms with Crippen LogP contribution in [-0.2, 0) is 16.1 Å². The number of carbonyl (C=O) groups excluding carboxylic acids is 3. The van der Waals surface area contributed by atoms with E-state index in [4.69, 9.17) is 4.74 Å². The number of fused-ring (bicyclic) bond motifs is 1. The van der Waals surface area contributed by atoms with Crippen molar-refractivity contribution in [2.45, 2.75) is 35.2 Å². The summed E-state index contributed by atoms with van der Waals surface area (Å²) >= 11 is 1.54. The van der Waals surface area contributed by atoms with E-state index < -0.39 is 11.9 Å². The molecule has 0 aromatic heterocycles. The van der Waals surface area contributed by atoms with Crippen molar-refractivity contribution >= 4 is 29.5 Å². The smallest absolute Gasteiger partial charge is 0.255 e. The van der Waals surface area contributed by atoms with Gasteiger partial charge in [-0.25, -0.2) is 0 Å². The number of nitrogens with one attached hydrogen (secondary N) is 1. The number of methoxy groups -OCH3 is 1. The SMILES string of the molecule is COc1ccccc1Sc1cccc2c1CN(C1CCC(=O)NC1=O)C2=O. The number of imide groups is 1. The molecule has 0 radical (unpaired) electrons. The molecule has 2 aliphatic rings. The fourth-order valence-corrected chi connectivity index (χ4v) is 4.55.